The fraction of sp³-hybridized carbons (Fsp3) is 0.478. The number of rotatable bonds is 7. The quantitative estimate of drug-likeness (QED) is 0.769. The number of hydrogen-bond acceptors (Lipinski definition) is 5. The molecule has 2 aliphatic rings. The van der Waals surface area contributed by atoms with Crippen LogP contribution in [0.15, 0.2) is 48.5 Å². The minimum Gasteiger partial charge on any atom is -0.390 e. The zero-order valence-electron chi connectivity index (χ0n) is 16.5. The maximum Gasteiger partial charge on any atom is 0.0791 e. The van der Waals surface area contributed by atoms with Gasteiger partial charge in [-0.3, -0.25) is 4.90 Å². The molecule has 0 spiro atoms. The van der Waals surface area contributed by atoms with Gasteiger partial charge in [0.25, 0.3) is 0 Å². The molecular formula is C23H31N3O2. The number of hydrogen-bond donors (Lipinski definition) is 2. The fourth-order valence-electron chi connectivity index (χ4n) is 4.10. The van der Waals surface area contributed by atoms with Crippen molar-refractivity contribution in [1.29, 1.82) is 0 Å². The van der Waals surface area contributed by atoms with Gasteiger partial charge in [0.1, 0.15) is 0 Å². The van der Waals surface area contributed by atoms with Gasteiger partial charge in [-0.1, -0.05) is 36.4 Å². The minimum atomic E-state index is -0.349. The van der Waals surface area contributed by atoms with Gasteiger partial charge < -0.3 is 20.1 Å². The predicted molar refractivity (Wildman–Crippen MR) is 113 cm³/mol. The maximum atomic E-state index is 10.4. The molecule has 1 saturated heterocycles. The lowest BCUT2D eigenvalue weighted by atomic mass is 10.00. The highest BCUT2D eigenvalue weighted by Crippen LogP contribution is 2.19. The van der Waals surface area contributed by atoms with Gasteiger partial charge in [0, 0.05) is 51.5 Å². The molecule has 0 amide bonds. The molecular weight excluding hydrogens is 350 g/mol. The summed E-state index contributed by atoms with van der Waals surface area (Å²) < 4.78 is 5.41. The summed E-state index contributed by atoms with van der Waals surface area (Å²) in [7, 11) is 0. The van der Waals surface area contributed by atoms with Crippen molar-refractivity contribution in [3.8, 4) is 0 Å². The van der Waals surface area contributed by atoms with Gasteiger partial charge in [-0.05, 0) is 35.2 Å². The summed E-state index contributed by atoms with van der Waals surface area (Å²) >= 11 is 0. The molecule has 0 saturated carbocycles. The summed E-state index contributed by atoms with van der Waals surface area (Å²) in [5.74, 6) is 0. The molecule has 2 aliphatic heterocycles. The van der Waals surface area contributed by atoms with Crippen LogP contribution in [-0.2, 0) is 24.2 Å². The van der Waals surface area contributed by atoms with Crippen molar-refractivity contribution in [2.75, 3.05) is 50.8 Å². The molecule has 0 aromatic heterocycles. The molecule has 1 atom stereocenters. The number of fused-ring (bicyclic) bond motifs is 1. The molecule has 0 radical (unpaired) electrons. The number of anilines is 1. The molecule has 150 valence electrons. The van der Waals surface area contributed by atoms with E-state index in [9.17, 15) is 5.11 Å². The van der Waals surface area contributed by atoms with Gasteiger partial charge in [-0.2, -0.15) is 0 Å². The number of aliphatic hydroxyl groups excluding tert-OH is 1. The summed E-state index contributed by atoms with van der Waals surface area (Å²) in [6.07, 6.45) is 0.726. The summed E-state index contributed by atoms with van der Waals surface area (Å²) in [5, 5.41) is 13.8. The first-order valence-corrected chi connectivity index (χ1v) is 10.4. The molecule has 1 unspecified atom stereocenters. The number of morpholine rings is 1. The third-order valence-electron chi connectivity index (χ3n) is 5.70. The third kappa shape index (κ3) is 5.11. The van der Waals surface area contributed by atoms with E-state index in [0.29, 0.717) is 6.54 Å². The van der Waals surface area contributed by atoms with E-state index >= 15 is 0 Å². The van der Waals surface area contributed by atoms with Crippen LogP contribution in [-0.4, -0.2) is 62.0 Å². The first-order chi connectivity index (χ1) is 13.8. The smallest absolute Gasteiger partial charge is 0.0791 e. The second-order valence-corrected chi connectivity index (χ2v) is 7.80. The number of aliphatic hydroxyl groups is 1. The number of ether oxygens (including phenoxy) is 1. The molecule has 2 N–H and O–H groups in total. The summed E-state index contributed by atoms with van der Waals surface area (Å²) in [4.78, 5) is 4.72. The number of nitrogens with one attached hydrogen (secondary N) is 1. The first-order valence-electron chi connectivity index (χ1n) is 10.4. The van der Waals surface area contributed by atoms with Crippen LogP contribution >= 0.6 is 0 Å². The Morgan fingerprint density at radius 3 is 2.50 bits per heavy atom. The van der Waals surface area contributed by atoms with Crippen LogP contribution in [0.25, 0.3) is 0 Å². The molecule has 4 rings (SSSR count). The van der Waals surface area contributed by atoms with Crippen molar-refractivity contribution >= 4 is 5.69 Å². The summed E-state index contributed by atoms with van der Waals surface area (Å²) in [6.45, 7) is 7.63. The van der Waals surface area contributed by atoms with Crippen molar-refractivity contribution in [3.63, 3.8) is 0 Å². The Kier molecular flexibility index (Phi) is 6.60. The molecule has 0 aliphatic carbocycles. The normalized spacial score (nSPS) is 18.7. The van der Waals surface area contributed by atoms with Crippen molar-refractivity contribution in [2.24, 2.45) is 0 Å². The lowest BCUT2D eigenvalue weighted by molar-refractivity contribution is 0.104. The molecule has 2 aromatic rings. The Hall–Kier alpha value is -1.92. The van der Waals surface area contributed by atoms with Crippen LogP contribution in [0.4, 0.5) is 5.69 Å². The van der Waals surface area contributed by atoms with E-state index in [1.807, 2.05) is 0 Å². The Labute approximate surface area is 167 Å². The van der Waals surface area contributed by atoms with Gasteiger partial charge in [0.05, 0.1) is 19.3 Å². The second kappa shape index (κ2) is 9.52. The van der Waals surface area contributed by atoms with Gasteiger partial charge in [-0.15, -0.1) is 0 Å². The Morgan fingerprint density at radius 1 is 0.964 bits per heavy atom. The standard InChI is InChI=1S/C23H31N3O2/c27-23(18-25-10-9-20-3-1-2-4-21(20)17-25)16-24-15-19-5-7-22(8-6-19)26-11-13-28-14-12-26/h1-8,23-24,27H,9-18H2. The van der Waals surface area contributed by atoms with Gasteiger partial charge in [0.2, 0.25) is 0 Å². The second-order valence-electron chi connectivity index (χ2n) is 7.80. The van der Waals surface area contributed by atoms with Gasteiger partial charge >= 0.3 is 0 Å². The average Bonchev–Trinajstić information content (AvgIpc) is 2.75. The van der Waals surface area contributed by atoms with Crippen molar-refractivity contribution < 1.29 is 9.84 Å². The van der Waals surface area contributed by atoms with Gasteiger partial charge in [0.15, 0.2) is 0 Å². The van der Waals surface area contributed by atoms with Crippen LogP contribution in [0.3, 0.4) is 0 Å². The van der Waals surface area contributed by atoms with E-state index in [2.05, 4.69) is 63.6 Å². The maximum absolute atomic E-state index is 10.4. The number of β-amino-alcohol motifs (C(OH)–C–C–N with tert-alkyl or cyclic N) is 1. The molecule has 5 nitrogen and oxygen atoms in total. The van der Waals surface area contributed by atoms with Crippen LogP contribution in [0, 0.1) is 0 Å². The minimum absolute atomic E-state index is 0.349. The number of benzene rings is 2. The zero-order chi connectivity index (χ0) is 19.2. The zero-order valence-corrected chi connectivity index (χ0v) is 16.5. The molecule has 2 heterocycles. The fourth-order valence-corrected chi connectivity index (χ4v) is 4.10. The van der Waals surface area contributed by atoms with E-state index in [4.69, 9.17) is 4.74 Å². The third-order valence-corrected chi connectivity index (χ3v) is 5.70. The Balaban J connectivity index is 1.19. The lowest BCUT2D eigenvalue weighted by Gasteiger charge is -2.30. The average molecular weight is 382 g/mol. The molecule has 2 aromatic carbocycles. The van der Waals surface area contributed by atoms with E-state index in [0.717, 1.165) is 58.9 Å². The molecule has 28 heavy (non-hydrogen) atoms. The van der Waals surface area contributed by atoms with E-state index < -0.39 is 0 Å². The van der Waals surface area contributed by atoms with Gasteiger partial charge in [-0.25, -0.2) is 0 Å². The van der Waals surface area contributed by atoms with Crippen molar-refractivity contribution in [1.82, 2.24) is 10.2 Å². The topological polar surface area (TPSA) is 48.0 Å². The van der Waals surface area contributed by atoms with Crippen molar-refractivity contribution in [3.05, 3.63) is 65.2 Å². The van der Waals surface area contributed by atoms with Crippen LogP contribution in [0.2, 0.25) is 0 Å². The van der Waals surface area contributed by atoms with E-state index in [-0.39, 0.29) is 6.10 Å². The van der Waals surface area contributed by atoms with E-state index in [1.165, 1.54) is 22.4 Å². The Morgan fingerprint density at radius 2 is 1.71 bits per heavy atom. The highest BCUT2D eigenvalue weighted by atomic mass is 16.5. The first kappa shape index (κ1) is 19.4. The van der Waals surface area contributed by atoms with Crippen LogP contribution in [0.5, 0.6) is 0 Å². The highest BCUT2D eigenvalue weighted by Gasteiger charge is 2.18. The van der Waals surface area contributed by atoms with Crippen molar-refractivity contribution in [2.45, 2.75) is 25.6 Å². The van der Waals surface area contributed by atoms with Crippen LogP contribution < -0.4 is 10.2 Å². The highest BCUT2D eigenvalue weighted by molar-refractivity contribution is 5.47. The summed E-state index contributed by atoms with van der Waals surface area (Å²) in [6, 6.07) is 17.3. The lowest BCUT2D eigenvalue weighted by Crippen LogP contribution is -2.40. The largest absolute Gasteiger partial charge is 0.390 e. The molecule has 0 bridgehead atoms. The van der Waals surface area contributed by atoms with Crippen LogP contribution in [0.1, 0.15) is 16.7 Å². The summed E-state index contributed by atoms with van der Waals surface area (Å²) in [5.41, 5.74) is 5.36. The number of nitrogens with zero attached hydrogens (tertiary/aromatic N) is 2. The SMILES string of the molecule is OC(CNCc1ccc(N2CCOCC2)cc1)CN1CCc2ccccc2C1. The van der Waals surface area contributed by atoms with E-state index in [1.54, 1.807) is 0 Å². The molecule has 1 fully saturated rings. The monoisotopic (exact) mass is 381 g/mol. The molecule has 5 heteroatoms. The Bertz CT molecular complexity index is 744. The predicted octanol–water partition coefficient (Wildman–Crippen LogP) is 2.03.